The monoisotopic (exact) mass is 305 g/mol. The molecule has 1 rings (SSSR count). The number of hydrogen-bond acceptors (Lipinski definition) is 5. The molecule has 20 heavy (non-hydrogen) atoms. The first kappa shape index (κ1) is 16.0. The van der Waals surface area contributed by atoms with E-state index in [1.165, 1.54) is 6.92 Å². The fourth-order valence-corrected chi connectivity index (χ4v) is 2.73. The zero-order chi connectivity index (χ0) is 15.7. The minimum absolute atomic E-state index is 0.190. The number of aryl methyl sites for hydroxylation is 1. The lowest BCUT2D eigenvalue weighted by Crippen LogP contribution is -2.35. The van der Waals surface area contributed by atoms with Crippen LogP contribution in [0.4, 0.5) is 10.1 Å². The summed E-state index contributed by atoms with van der Waals surface area (Å²) in [7, 11) is -3.08. The van der Waals surface area contributed by atoms with Crippen molar-refractivity contribution in [2.45, 2.75) is 11.8 Å². The smallest absolute Gasteiger partial charge is 0.306 e. The summed E-state index contributed by atoms with van der Waals surface area (Å²) in [5, 5.41) is 10.7. The summed E-state index contributed by atoms with van der Waals surface area (Å²) in [5.41, 5.74) is 3.75. The number of amides is 1. The van der Waals surface area contributed by atoms with Crippen molar-refractivity contribution in [2.24, 2.45) is 5.73 Å². The van der Waals surface area contributed by atoms with Gasteiger partial charge in [-0.05, 0) is 18.6 Å². The van der Waals surface area contributed by atoms with Gasteiger partial charge in [0.05, 0.1) is 16.4 Å². The zero-order valence-electron chi connectivity index (χ0n) is 10.7. The van der Waals surface area contributed by atoms with Crippen molar-refractivity contribution in [2.75, 3.05) is 13.6 Å². The van der Waals surface area contributed by atoms with Crippen molar-refractivity contribution >= 4 is 21.6 Å². The van der Waals surface area contributed by atoms with E-state index in [4.69, 9.17) is 5.73 Å². The minimum atomic E-state index is -4.17. The van der Waals surface area contributed by atoms with E-state index in [0.717, 1.165) is 13.1 Å². The number of benzene rings is 1. The van der Waals surface area contributed by atoms with Crippen LogP contribution in [0.1, 0.15) is 5.56 Å². The van der Waals surface area contributed by atoms with Gasteiger partial charge in [0, 0.05) is 13.1 Å². The standard InChI is InChI=1S/C10H12FN3O5S/c1-6-3-7(4-8(10(6)11)14(16)17)20(18,19)13(2)5-9(12)15/h3-4H,5H2,1-2H3,(H2,12,15). The number of hydrogen-bond donors (Lipinski definition) is 1. The van der Waals surface area contributed by atoms with E-state index in [9.17, 15) is 27.7 Å². The first-order chi connectivity index (χ1) is 9.07. The van der Waals surface area contributed by atoms with Crippen molar-refractivity contribution in [3.05, 3.63) is 33.6 Å². The molecular formula is C10H12FN3O5S. The number of sulfonamides is 1. The maximum atomic E-state index is 13.5. The molecule has 0 aliphatic rings. The second-order valence-corrected chi connectivity index (χ2v) is 6.10. The third-order valence-electron chi connectivity index (χ3n) is 2.49. The van der Waals surface area contributed by atoms with Crippen LogP contribution in [0.15, 0.2) is 17.0 Å². The summed E-state index contributed by atoms with van der Waals surface area (Å²) < 4.78 is 38.3. The molecule has 0 aliphatic carbocycles. The van der Waals surface area contributed by atoms with Crippen LogP contribution in [0.3, 0.4) is 0 Å². The van der Waals surface area contributed by atoms with Crippen LogP contribution in [-0.2, 0) is 14.8 Å². The molecule has 1 aromatic rings. The van der Waals surface area contributed by atoms with Gasteiger partial charge in [0.2, 0.25) is 21.7 Å². The summed E-state index contributed by atoms with van der Waals surface area (Å²) in [5.74, 6) is -1.99. The molecular weight excluding hydrogens is 293 g/mol. The van der Waals surface area contributed by atoms with Crippen molar-refractivity contribution in [1.82, 2.24) is 4.31 Å². The van der Waals surface area contributed by atoms with Crippen molar-refractivity contribution in [3.8, 4) is 0 Å². The lowest BCUT2D eigenvalue weighted by Gasteiger charge is -2.15. The summed E-state index contributed by atoms with van der Waals surface area (Å²) in [6, 6.07) is 1.56. The largest absolute Gasteiger partial charge is 0.369 e. The number of nitro groups is 1. The third kappa shape index (κ3) is 3.08. The second kappa shape index (κ2) is 5.51. The topological polar surface area (TPSA) is 124 Å². The highest BCUT2D eigenvalue weighted by Gasteiger charge is 2.27. The lowest BCUT2D eigenvalue weighted by atomic mass is 10.2. The third-order valence-corrected chi connectivity index (χ3v) is 4.27. The molecule has 0 aromatic heterocycles. The predicted octanol–water partition coefficient (Wildman–Crippen LogP) is 0.148. The molecule has 8 nitrogen and oxygen atoms in total. The van der Waals surface area contributed by atoms with Gasteiger partial charge >= 0.3 is 5.69 Å². The number of primary amides is 1. The molecule has 0 spiro atoms. The Hall–Kier alpha value is -2.07. The molecule has 1 aromatic carbocycles. The number of carbonyl (C=O) groups is 1. The fraction of sp³-hybridized carbons (Fsp3) is 0.300. The summed E-state index contributed by atoms with van der Waals surface area (Å²) >= 11 is 0. The molecule has 0 fully saturated rings. The van der Waals surface area contributed by atoms with E-state index >= 15 is 0 Å². The normalized spacial score (nSPS) is 11.6. The first-order valence-corrected chi connectivity index (χ1v) is 6.70. The molecule has 1 amide bonds. The number of likely N-dealkylation sites (N-methyl/N-ethyl adjacent to an activating group) is 1. The average molecular weight is 305 g/mol. The Bertz CT molecular complexity index is 674. The molecule has 10 heteroatoms. The van der Waals surface area contributed by atoms with E-state index in [2.05, 4.69) is 0 Å². The molecule has 2 N–H and O–H groups in total. The minimum Gasteiger partial charge on any atom is -0.369 e. The predicted molar refractivity (Wildman–Crippen MR) is 66.8 cm³/mol. The zero-order valence-corrected chi connectivity index (χ0v) is 11.5. The molecule has 110 valence electrons. The van der Waals surface area contributed by atoms with Crippen LogP contribution < -0.4 is 5.73 Å². The van der Waals surface area contributed by atoms with E-state index in [0.29, 0.717) is 10.4 Å². The number of nitrogens with zero attached hydrogens (tertiary/aromatic N) is 2. The Labute approximate surface area is 114 Å². The molecule has 0 aliphatic heterocycles. The Morgan fingerprint density at radius 2 is 2.05 bits per heavy atom. The number of carbonyl (C=O) groups excluding carboxylic acids is 1. The van der Waals surface area contributed by atoms with Gasteiger partial charge in [-0.25, -0.2) is 8.42 Å². The van der Waals surface area contributed by atoms with Crippen LogP contribution >= 0.6 is 0 Å². The maximum absolute atomic E-state index is 13.5. The van der Waals surface area contributed by atoms with Crippen molar-refractivity contribution < 1.29 is 22.5 Å². The highest BCUT2D eigenvalue weighted by Crippen LogP contribution is 2.26. The van der Waals surface area contributed by atoms with Crippen molar-refractivity contribution in [3.63, 3.8) is 0 Å². The molecule has 0 bridgehead atoms. The fourth-order valence-electron chi connectivity index (χ4n) is 1.48. The van der Waals surface area contributed by atoms with Gasteiger partial charge in [-0.15, -0.1) is 0 Å². The number of nitrogens with two attached hydrogens (primary N) is 1. The molecule has 0 saturated carbocycles. The van der Waals surface area contributed by atoms with Gasteiger partial charge in [0.15, 0.2) is 0 Å². The SMILES string of the molecule is Cc1cc(S(=O)(=O)N(C)CC(N)=O)cc([N+](=O)[O-])c1F. The maximum Gasteiger partial charge on any atom is 0.306 e. The van der Waals surface area contributed by atoms with Crippen molar-refractivity contribution in [1.29, 1.82) is 0 Å². The first-order valence-electron chi connectivity index (χ1n) is 5.26. The molecule has 0 heterocycles. The van der Waals surface area contributed by atoms with E-state index < -0.39 is 43.8 Å². The van der Waals surface area contributed by atoms with Crippen LogP contribution in [0.5, 0.6) is 0 Å². The summed E-state index contributed by atoms with van der Waals surface area (Å²) in [4.78, 5) is 19.9. The van der Waals surface area contributed by atoms with Crippen LogP contribution in [-0.4, -0.2) is 37.1 Å². The van der Waals surface area contributed by atoms with E-state index in [1.807, 2.05) is 0 Å². The highest BCUT2D eigenvalue weighted by molar-refractivity contribution is 7.89. The second-order valence-electron chi connectivity index (χ2n) is 4.06. The Balaban J connectivity index is 3.40. The number of nitro benzene ring substituents is 1. The number of rotatable bonds is 5. The van der Waals surface area contributed by atoms with E-state index in [-0.39, 0.29) is 5.56 Å². The van der Waals surface area contributed by atoms with Gasteiger partial charge in [0.25, 0.3) is 0 Å². The summed E-state index contributed by atoms with van der Waals surface area (Å²) in [6.45, 7) is 0.613. The molecule has 0 atom stereocenters. The van der Waals surface area contributed by atoms with Crippen LogP contribution in [0.25, 0.3) is 0 Å². The Kier molecular flexibility index (Phi) is 4.40. The average Bonchev–Trinajstić information content (AvgIpc) is 2.30. The van der Waals surface area contributed by atoms with Gasteiger partial charge in [-0.3, -0.25) is 14.9 Å². The molecule has 0 saturated heterocycles. The Morgan fingerprint density at radius 1 is 1.50 bits per heavy atom. The Morgan fingerprint density at radius 3 is 2.50 bits per heavy atom. The highest BCUT2D eigenvalue weighted by atomic mass is 32.2. The quantitative estimate of drug-likeness (QED) is 0.612. The van der Waals surface area contributed by atoms with Crippen LogP contribution in [0.2, 0.25) is 0 Å². The van der Waals surface area contributed by atoms with Gasteiger partial charge in [-0.1, -0.05) is 0 Å². The van der Waals surface area contributed by atoms with Gasteiger partial charge < -0.3 is 5.73 Å². The molecule has 0 radical (unpaired) electrons. The van der Waals surface area contributed by atoms with Crippen LogP contribution in [0, 0.1) is 22.9 Å². The number of halogens is 1. The van der Waals surface area contributed by atoms with E-state index in [1.54, 1.807) is 0 Å². The van der Waals surface area contributed by atoms with Gasteiger partial charge in [0.1, 0.15) is 0 Å². The molecule has 0 unspecified atom stereocenters. The summed E-state index contributed by atoms with van der Waals surface area (Å²) in [6.07, 6.45) is 0. The van der Waals surface area contributed by atoms with Gasteiger partial charge in [-0.2, -0.15) is 8.70 Å². The lowest BCUT2D eigenvalue weighted by molar-refractivity contribution is -0.387.